The van der Waals surface area contributed by atoms with E-state index in [2.05, 4.69) is 77.7 Å². The molecule has 2 bridgehead atoms. The Morgan fingerprint density at radius 2 is 1.35 bits per heavy atom. The van der Waals surface area contributed by atoms with E-state index in [1.807, 2.05) is 12.1 Å². The number of fused-ring (bicyclic) bond motifs is 3. The van der Waals surface area contributed by atoms with Crippen molar-refractivity contribution in [2.24, 2.45) is 5.92 Å². The maximum Gasteiger partial charge on any atom is 0.414 e. The van der Waals surface area contributed by atoms with Crippen molar-refractivity contribution in [2.75, 3.05) is 20.2 Å². The van der Waals surface area contributed by atoms with Crippen LogP contribution in [0.25, 0.3) is 0 Å². The lowest BCUT2D eigenvalue weighted by atomic mass is 9.72. The molecule has 0 saturated carbocycles. The monoisotopic (exact) mass is 503 g/mol. The Labute approximate surface area is 217 Å². The predicted molar refractivity (Wildman–Crippen MR) is 140 cm³/mol. The fourth-order valence-electron chi connectivity index (χ4n) is 5.49. The van der Waals surface area contributed by atoms with Crippen molar-refractivity contribution in [3.63, 3.8) is 0 Å². The molecule has 0 radical (unpaired) electrons. The fraction of sp³-hybridized carbons (Fsp3) is 0.333. The molecule has 7 nitrogen and oxygen atoms in total. The molecule has 7 heteroatoms. The van der Waals surface area contributed by atoms with Gasteiger partial charge < -0.3 is 19.7 Å². The predicted octanol–water partition coefficient (Wildman–Crippen LogP) is 4.66. The minimum Gasteiger partial charge on any atom is -0.497 e. The van der Waals surface area contributed by atoms with E-state index in [9.17, 15) is 0 Å². The zero-order chi connectivity index (χ0) is 26.2. The summed E-state index contributed by atoms with van der Waals surface area (Å²) < 4.78 is 12.0. The molecule has 3 aromatic carbocycles. The Morgan fingerprint density at radius 3 is 1.81 bits per heavy atom. The third-order valence-corrected chi connectivity index (χ3v) is 7.24. The molecule has 37 heavy (non-hydrogen) atoms. The highest BCUT2D eigenvalue weighted by molar-refractivity contribution is 6.27. The van der Waals surface area contributed by atoms with Crippen molar-refractivity contribution in [1.82, 2.24) is 4.90 Å². The largest absolute Gasteiger partial charge is 0.497 e. The SMILES string of the molecule is COc1ccc(CO[C@@H]2C3CCN(CC3)[C@@H]2C(c2ccccc2)c2ccccc2)cc1.O=C(O)C(=O)O. The minimum atomic E-state index is -1.82. The summed E-state index contributed by atoms with van der Waals surface area (Å²) in [7, 11) is 1.70. The molecule has 3 heterocycles. The standard InChI is InChI=1S/C28H31NO2.C2H2O4/c1-30-25-14-12-21(13-15-25)20-31-28-24-16-18-29(19-17-24)27(28)26(22-8-4-2-5-9-22)23-10-6-3-7-11-23;3-1(4)2(5)6/h2-15,24,26-28H,16-20H2,1H3;(H,3,4)(H,5,6)/t27-,28-;/m1./s1. The molecule has 3 saturated heterocycles. The molecule has 194 valence electrons. The molecule has 6 rings (SSSR count). The van der Waals surface area contributed by atoms with Gasteiger partial charge in [0.25, 0.3) is 0 Å². The summed E-state index contributed by atoms with van der Waals surface area (Å²) in [6.45, 7) is 2.99. The Morgan fingerprint density at radius 1 is 0.838 bits per heavy atom. The number of benzene rings is 3. The summed E-state index contributed by atoms with van der Waals surface area (Å²) in [5.74, 6) is -1.82. The third kappa shape index (κ3) is 6.56. The maximum absolute atomic E-state index is 9.10. The molecule has 0 aromatic heterocycles. The van der Waals surface area contributed by atoms with E-state index < -0.39 is 11.9 Å². The number of carboxylic acids is 2. The number of methoxy groups -OCH3 is 1. The molecule has 0 spiro atoms. The van der Waals surface area contributed by atoms with Crippen molar-refractivity contribution in [1.29, 1.82) is 0 Å². The van der Waals surface area contributed by atoms with Gasteiger partial charge in [-0.25, -0.2) is 9.59 Å². The Balaban J connectivity index is 0.000000480. The van der Waals surface area contributed by atoms with E-state index in [0.29, 0.717) is 24.5 Å². The second-order valence-corrected chi connectivity index (χ2v) is 9.40. The summed E-state index contributed by atoms with van der Waals surface area (Å²) in [6, 6.07) is 30.6. The molecule has 0 unspecified atom stereocenters. The van der Waals surface area contributed by atoms with Crippen molar-refractivity contribution in [2.45, 2.75) is 37.5 Å². The Bertz CT molecular complexity index is 1090. The first kappa shape index (κ1) is 26.4. The summed E-state index contributed by atoms with van der Waals surface area (Å²) in [5, 5.41) is 14.8. The molecule has 3 aromatic rings. The zero-order valence-electron chi connectivity index (χ0n) is 20.9. The van der Waals surface area contributed by atoms with E-state index in [4.69, 9.17) is 29.3 Å². The van der Waals surface area contributed by atoms with Crippen LogP contribution in [0.4, 0.5) is 0 Å². The van der Waals surface area contributed by atoms with Gasteiger partial charge in [0.1, 0.15) is 5.75 Å². The topological polar surface area (TPSA) is 96.3 Å². The smallest absolute Gasteiger partial charge is 0.414 e. The van der Waals surface area contributed by atoms with Gasteiger partial charge in [-0.1, -0.05) is 72.8 Å². The van der Waals surface area contributed by atoms with Crippen LogP contribution in [0.3, 0.4) is 0 Å². The number of carbonyl (C=O) groups is 2. The highest BCUT2D eigenvalue weighted by Crippen LogP contribution is 2.43. The zero-order valence-corrected chi connectivity index (χ0v) is 20.9. The molecule has 3 aliphatic rings. The Hall–Kier alpha value is -3.68. The molecular formula is C30H33NO6. The lowest BCUT2D eigenvalue weighted by molar-refractivity contribution is -0.159. The van der Waals surface area contributed by atoms with Gasteiger partial charge in [-0.3, -0.25) is 4.90 Å². The van der Waals surface area contributed by atoms with Gasteiger partial charge in [-0.15, -0.1) is 0 Å². The molecule has 0 amide bonds. The van der Waals surface area contributed by atoms with Gasteiger partial charge in [-0.2, -0.15) is 0 Å². The average Bonchev–Trinajstić information content (AvgIpc) is 2.95. The quantitative estimate of drug-likeness (QED) is 0.453. The summed E-state index contributed by atoms with van der Waals surface area (Å²) in [6.07, 6.45) is 2.70. The van der Waals surface area contributed by atoms with E-state index in [1.54, 1.807) is 7.11 Å². The number of hydrogen-bond acceptors (Lipinski definition) is 5. The third-order valence-electron chi connectivity index (χ3n) is 7.24. The van der Waals surface area contributed by atoms with Crippen LogP contribution in [-0.4, -0.2) is 59.4 Å². The van der Waals surface area contributed by atoms with Gasteiger partial charge in [0.15, 0.2) is 0 Å². The second kappa shape index (κ2) is 12.5. The molecule has 2 N–H and O–H groups in total. The van der Waals surface area contributed by atoms with Crippen molar-refractivity contribution in [3.05, 3.63) is 102 Å². The summed E-state index contributed by atoms with van der Waals surface area (Å²) in [5.41, 5.74) is 3.96. The van der Waals surface area contributed by atoms with E-state index >= 15 is 0 Å². The number of rotatable bonds is 7. The van der Waals surface area contributed by atoms with Crippen LogP contribution in [-0.2, 0) is 20.9 Å². The van der Waals surface area contributed by atoms with Gasteiger partial charge >= 0.3 is 11.9 Å². The Kier molecular flexibility index (Phi) is 8.93. The van der Waals surface area contributed by atoms with Crippen molar-refractivity contribution >= 4 is 11.9 Å². The van der Waals surface area contributed by atoms with Crippen molar-refractivity contribution < 1.29 is 29.3 Å². The number of hydrogen-bond donors (Lipinski definition) is 2. The van der Waals surface area contributed by atoms with Crippen LogP contribution < -0.4 is 4.74 Å². The van der Waals surface area contributed by atoms with E-state index in [1.165, 1.54) is 42.6 Å². The first-order valence-electron chi connectivity index (χ1n) is 12.5. The highest BCUT2D eigenvalue weighted by Gasteiger charge is 2.47. The average molecular weight is 504 g/mol. The van der Waals surface area contributed by atoms with Gasteiger partial charge in [0.2, 0.25) is 0 Å². The maximum atomic E-state index is 9.10. The van der Waals surface area contributed by atoms with Gasteiger partial charge in [-0.05, 0) is 60.7 Å². The molecule has 0 aliphatic carbocycles. The first-order valence-corrected chi connectivity index (χ1v) is 12.5. The number of aliphatic carboxylic acids is 2. The number of nitrogens with zero attached hydrogens (tertiary/aromatic N) is 1. The second-order valence-electron chi connectivity index (χ2n) is 9.40. The molecule has 2 atom stereocenters. The lowest BCUT2D eigenvalue weighted by Crippen LogP contribution is -2.60. The van der Waals surface area contributed by atoms with Crippen LogP contribution in [0.5, 0.6) is 5.75 Å². The van der Waals surface area contributed by atoms with Gasteiger partial charge in [0.05, 0.1) is 19.8 Å². The summed E-state index contributed by atoms with van der Waals surface area (Å²) >= 11 is 0. The molecular weight excluding hydrogens is 470 g/mol. The van der Waals surface area contributed by atoms with Crippen molar-refractivity contribution in [3.8, 4) is 5.75 Å². The van der Waals surface area contributed by atoms with E-state index in [-0.39, 0.29) is 6.10 Å². The minimum absolute atomic E-state index is 0.231. The van der Waals surface area contributed by atoms with Crippen LogP contribution in [0.1, 0.15) is 35.4 Å². The number of piperidine rings is 3. The van der Waals surface area contributed by atoms with Gasteiger partial charge in [0, 0.05) is 12.0 Å². The first-order chi connectivity index (χ1) is 18.0. The molecule has 3 aliphatic heterocycles. The van der Waals surface area contributed by atoms with Crippen LogP contribution in [0.15, 0.2) is 84.9 Å². The van der Waals surface area contributed by atoms with E-state index in [0.717, 1.165) is 5.75 Å². The number of carboxylic acid groups (broad SMARTS) is 2. The highest BCUT2D eigenvalue weighted by atomic mass is 16.5. The fourth-order valence-corrected chi connectivity index (χ4v) is 5.49. The van der Waals surface area contributed by atoms with Crippen LogP contribution in [0.2, 0.25) is 0 Å². The molecule has 3 fully saturated rings. The van der Waals surface area contributed by atoms with Crippen LogP contribution in [0, 0.1) is 5.92 Å². The van der Waals surface area contributed by atoms with Crippen LogP contribution >= 0.6 is 0 Å². The number of ether oxygens (including phenoxy) is 2. The summed E-state index contributed by atoms with van der Waals surface area (Å²) in [4.78, 5) is 20.9. The normalized spacial score (nSPS) is 22.1. The lowest BCUT2D eigenvalue weighted by Gasteiger charge is -2.53.